The van der Waals surface area contributed by atoms with E-state index in [1.165, 1.54) is 31.2 Å². The van der Waals surface area contributed by atoms with Crippen molar-refractivity contribution >= 4 is 17.7 Å². The molecular weight excluding hydrogens is 289 g/mol. The summed E-state index contributed by atoms with van der Waals surface area (Å²) in [5.74, 6) is -0.478. The maximum Gasteiger partial charge on any atom is 0.416 e. The highest BCUT2D eigenvalue weighted by molar-refractivity contribution is 5.89. The molecule has 0 bridgehead atoms. The second kappa shape index (κ2) is 6.96. The molecule has 1 aromatic carbocycles. The molecule has 0 aliphatic heterocycles. The number of nitrogens with one attached hydrogen (secondary N) is 1. The minimum absolute atomic E-state index is 0.00299. The maximum absolute atomic E-state index is 12.5. The number of urea groups is 1. The van der Waals surface area contributed by atoms with Crippen molar-refractivity contribution in [2.24, 2.45) is 0 Å². The molecule has 0 saturated carbocycles. The smallest absolute Gasteiger partial charge is 0.416 e. The van der Waals surface area contributed by atoms with E-state index in [4.69, 9.17) is 0 Å². The minimum atomic E-state index is -4.47. The van der Waals surface area contributed by atoms with Crippen molar-refractivity contribution in [2.75, 3.05) is 26.0 Å². The number of halogens is 3. The Kier molecular flexibility index (Phi) is 5.57. The standard InChI is InChI=1S/C13H15F3N2O3/c1-18(7-6-11(19)21-2)12(20)17-10-5-3-4-9(8-10)13(14,15)16/h3-5,8H,6-7H2,1-2H3,(H,17,20). The van der Waals surface area contributed by atoms with Gasteiger partial charge in [0.15, 0.2) is 0 Å². The molecule has 5 nitrogen and oxygen atoms in total. The first-order chi connectivity index (χ1) is 9.74. The van der Waals surface area contributed by atoms with E-state index in [0.29, 0.717) is 0 Å². The highest BCUT2D eigenvalue weighted by Gasteiger charge is 2.30. The number of alkyl halides is 3. The zero-order chi connectivity index (χ0) is 16.0. The van der Waals surface area contributed by atoms with Gasteiger partial charge in [0.2, 0.25) is 0 Å². The highest BCUT2D eigenvalue weighted by atomic mass is 19.4. The third-order valence-corrected chi connectivity index (χ3v) is 2.67. The Morgan fingerprint density at radius 3 is 2.57 bits per heavy atom. The van der Waals surface area contributed by atoms with Crippen LogP contribution in [-0.2, 0) is 15.7 Å². The van der Waals surface area contributed by atoms with Gasteiger partial charge in [0.1, 0.15) is 0 Å². The topological polar surface area (TPSA) is 58.6 Å². The molecule has 0 fully saturated rings. The van der Waals surface area contributed by atoms with Gasteiger partial charge in [-0.1, -0.05) is 6.07 Å². The van der Waals surface area contributed by atoms with E-state index in [1.807, 2.05) is 0 Å². The molecule has 2 amide bonds. The van der Waals surface area contributed by atoms with E-state index >= 15 is 0 Å². The summed E-state index contributed by atoms with van der Waals surface area (Å²) >= 11 is 0. The van der Waals surface area contributed by atoms with E-state index in [-0.39, 0.29) is 18.7 Å². The van der Waals surface area contributed by atoms with Crippen LogP contribution in [0.1, 0.15) is 12.0 Å². The molecule has 0 saturated heterocycles. The second-order valence-electron chi connectivity index (χ2n) is 4.26. The van der Waals surface area contributed by atoms with Gasteiger partial charge in [-0.25, -0.2) is 4.79 Å². The van der Waals surface area contributed by atoms with Gasteiger partial charge >= 0.3 is 18.2 Å². The molecule has 116 valence electrons. The quantitative estimate of drug-likeness (QED) is 0.870. The fourth-order valence-electron chi connectivity index (χ4n) is 1.45. The van der Waals surface area contributed by atoms with Crippen LogP contribution in [0, 0.1) is 0 Å². The lowest BCUT2D eigenvalue weighted by Crippen LogP contribution is -2.33. The SMILES string of the molecule is COC(=O)CCN(C)C(=O)Nc1cccc(C(F)(F)F)c1. The molecule has 8 heteroatoms. The Bertz CT molecular complexity index is 518. The van der Waals surface area contributed by atoms with Crippen LogP contribution in [-0.4, -0.2) is 37.6 Å². The number of amides is 2. The Hall–Kier alpha value is -2.25. The minimum Gasteiger partial charge on any atom is -0.469 e. The van der Waals surface area contributed by atoms with Crippen LogP contribution in [0.2, 0.25) is 0 Å². The van der Waals surface area contributed by atoms with E-state index in [2.05, 4.69) is 10.1 Å². The van der Waals surface area contributed by atoms with E-state index in [0.717, 1.165) is 12.1 Å². The number of hydrogen-bond acceptors (Lipinski definition) is 3. The predicted octanol–water partition coefficient (Wildman–Crippen LogP) is 2.73. The third-order valence-electron chi connectivity index (χ3n) is 2.67. The van der Waals surface area contributed by atoms with Gasteiger partial charge in [-0.15, -0.1) is 0 Å². The molecule has 0 aliphatic carbocycles. The normalized spacial score (nSPS) is 10.9. The van der Waals surface area contributed by atoms with Gasteiger partial charge in [0.05, 0.1) is 19.1 Å². The zero-order valence-corrected chi connectivity index (χ0v) is 11.5. The average molecular weight is 304 g/mol. The zero-order valence-electron chi connectivity index (χ0n) is 11.5. The lowest BCUT2D eigenvalue weighted by atomic mass is 10.2. The summed E-state index contributed by atoms with van der Waals surface area (Å²) in [5.41, 5.74) is -0.822. The Morgan fingerprint density at radius 2 is 2.00 bits per heavy atom. The predicted molar refractivity (Wildman–Crippen MR) is 69.7 cm³/mol. The van der Waals surface area contributed by atoms with Crippen molar-refractivity contribution in [1.82, 2.24) is 4.90 Å². The lowest BCUT2D eigenvalue weighted by Gasteiger charge is -2.17. The van der Waals surface area contributed by atoms with Crippen molar-refractivity contribution in [3.63, 3.8) is 0 Å². The monoisotopic (exact) mass is 304 g/mol. The molecule has 1 rings (SSSR count). The van der Waals surface area contributed by atoms with Crippen LogP contribution in [0.25, 0.3) is 0 Å². The molecule has 0 spiro atoms. The van der Waals surface area contributed by atoms with Gasteiger partial charge in [0, 0.05) is 19.3 Å². The van der Waals surface area contributed by atoms with Crippen molar-refractivity contribution in [3.8, 4) is 0 Å². The van der Waals surface area contributed by atoms with Crippen LogP contribution < -0.4 is 5.32 Å². The average Bonchev–Trinajstić information content (AvgIpc) is 2.43. The number of hydrogen-bond donors (Lipinski definition) is 1. The van der Waals surface area contributed by atoms with E-state index < -0.39 is 23.7 Å². The van der Waals surface area contributed by atoms with Gasteiger partial charge < -0.3 is 15.0 Å². The van der Waals surface area contributed by atoms with Crippen LogP contribution in [0.3, 0.4) is 0 Å². The fourth-order valence-corrected chi connectivity index (χ4v) is 1.45. The lowest BCUT2D eigenvalue weighted by molar-refractivity contribution is -0.141. The first-order valence-electron chi connectivity index (χ1n) is 6.00. The molecule has 1 N–H and O–H groups in total. The summed E-state index contributed by atoms with van der Waals surface area (Å²) in [6.07, 6.45) is -4.47. The number of benzene rings is 1. The number of methoxy groups -OCH3 is 1. The number of anilines is 1. The first kappa shape index (κ1) is 16.8. The Morgan fingerprint density at radius 1 is 1.33 bits per heavy atom. The van der Waals surface area contributed by atoms with E-state index in [1.54, 1.807) is 0 Å². The molecule has 0 aliphatic rings. The van der Waals surface area contributed by atoms with Gasteiger partial charge in [-0.3, -0.25) is 4.79 Å². The molecule has 0 aromatic heterocycles. The van der Waals surface area contributed by atoms with Gasteiger partial charge in [-0.2, -0.15) is 13.2 Å². The van der Waals surface area contributed by atoms with Crippen LogP contribution in [0.5, 0.6) is 0 Å². The molecule has 0 unspecified atom stereocenters. The number of esters is 1. The summed E-state index contributed by atoms with van der Waals surface area (Å²) in [6.45, 7) is 0.0947. The van der Waals surface area contributed by atoms with Crippen molar-refractivity contribution in [3.05, 3.63) is 29.8 Å². The van der Waals surface area contributed by atoms with Crippen molar-refractivity contribution < 1.29 is 27.5 Å². The van der Waals surface area contributed by atoms with Crippen LogP contribution in [0.4, 0.5) is 23.7 Å². The highest BCUT2D eigenvalue weighted by Crippen LogP contribution is 2.30. The number of ether oxygens (including phenoxy) is 1. The Labute approximate surface area is 119 Å². The summed E-state index contributed by atoms with van der Waals surface area (Å²) in [4.78, 5) is 23.9. The number of carbonyl (C=O) groups is 2. The van der Waals surface area contributed by atoms with Gasteiger partial charge in [0.25, 0.3) is 0 Å². The maximum atomic E-state index is 12.5. The largest absolute Gasteiger partial charge is 0.469 e. The van der Waals surface area contributed by atoms with Crippen molar-refractivity contribution in [1.29, 1.82) is 0 Å². The first-order valence-corrected chi connectivity index (χ1v) is 6.00. The number of carbonyl (C=O) groups excluding carboxylic acids is 2. The molecule has 21 heavy (non-hydrogen) atoms. The third kappa shape index (κ3) is 5.33. The summed E-state index contributed by atoms with van der Waals surface area (Å²) < 4.78 is 42.0. The number of nitrogens with zero attached hydrogens (tertiary/aromatic N) is 1. The van der Waals surface area contributed by atoms with Crippen LogP contribution in [0.15, 0.2) is 24.3 Å². The summed E-state index contributed by atoms with van der Waals surface area (Å²) in [6, 6.07) is 3.69. The second-order valence-corrected chi connectivity index (χ2v) is 4.26. The number of rotatable bonds is 4. The molecule has 0 atom stereocenters. The summed E-state index contributed by atoms with van der Waals surface area (Å²) in [7, 11) is 2.65. The van der Waals surface area contributed by atoms with E-state index in [9.17, 15) is 22.8 Å². The molecule has 0 radical (unpaired) electrons. The molecule has 1 aromatic rings. The molecule has 0 heterocycles. The van der Waals surface area contributed by atoms with Crippen LogP contribution >= 0.6 is 0 Å². The summed E-state index contributed by atoms with van der Waals surface area (Å²) in [5, 5.41) is 2.33. The molecular formula is C13H15F3N2O3. The Balaban J connectivity index is 2.64. The van der Waals surface area contributed by atoms with Crippen molar-refractivity contribution in [2.45, 2.75) is 12.6 Å². The van der Waals surface area contributed by atoms with Gasteiger partial charge in [-0.05, 0) is 18.2 Å². The fraction of sp³-hybridized carbons (Fsp3) is 0.385.